The van der Waals surface area contributed by atoms with Crippen LogP contribution in [-0.4, -0.2) is 25.7 Å². The molecule has 0 unspecified atom stereocenters. The molecule has 0 bridgehead atoms. The van der Waals surface area contributed by atoms with Gasteiger partial charge in [0.2, 0.25) is 0 Å². The van der Waals surface area contributed by atoms with Crippen LogP contribution in [0.3, 0.4) is 0 Å². The lowest BCUT2D eigenvalue weighted by Crippen LogP contribution is -2.04. The van der Waals surface area contributed by atoms with Crippen molar-refractivity contribution in [3.63, 3.8) is 0 Å². The van der Waals surface area contributed by atoms with Crippen molar-refractivity contribution in [2.24, 2.45) is 0 Å². The van der Waals surface area contributed by atoms with Gasteiger partial charge in [0.15, 0.2) is 0 Å². The predicted molar refractivity (Wildman–Crippen MR) is 70.6 cm³/mol. The molecule has 0 saturated carbocycles. The number of halogens is 2. The summed E-state index contributed by atoms with van der Waals surface area (Å²) in [6.45, 7) is 3.73. The van der Waals surface area contributed by atoms with E-state index in [1.54, 1.807) is 6.07 Å². The van der Waals surface area contributed by atoms with Gasteiger partial charge in [-0.25, -0.2) is 4.39 Å². The molecule has 0 radical (unpaired) electrons. The maximum Gasteiger partial charge on any atom is 0.137 e. The first-order valence-electron chi connectivity index (χ1n) is 5.83. The molecule has 4 heteroatoms. The van der Waals surface area contributed by atoms with Gasteiger partial charge in [-0.15, -0.1) is 11.6 Å². The quantitative estimate of drug-likeness (QED) is 0.449. The van der Waals surface area contributed by atoms with Crippen molar-refractivity contribution in [2.75, 3.05) is 25.7 Å². The monoisotopic (exact) mass is 270 g/mol. The van der Waals surface area contributed by atoms with Gasteiger partial charge in [-0.1, -0.05) is 11.8 Å². The summed E-state index contributed by atoms with van der Waals surface area (Å²) in [4.78, 5) is 0. The highest BCUT2D eigenvalue weighted by molar-refractivity contribution is 6.19. The van der Waals surface area contributed by atoms with Gasteiger partial charge in [0.05, 0.1) is 18.1 Å². The summed E-state index contributed by atoms with van der Waals surface area (Å²) in [5, 5.41) is 0. The Morgan fingerprint density at radius 1 is 1.33 bits per heavy atom. The maximum atomic E-state index is 13.1. The van der Waals surface area contributed by atoms with E-state index < -0.39 is 0 Å². The zero-order valence-corrected chi connectivity index (χ0v) is 11.1. The van der Waals surface area contributed by atoms with E-state index in [0.717, 1.165) is 6.42 Å². The van der Waals surface area contributed by atoms with E-state index in [1.807, 2.05) is 6.92 Å². The number of ether oxygens (including phenoxy) is 2. The number of benzene rings is 1. The van der Waals surface area contributed by atoms with Crippen molar-refractivity contribution in [1.82, 2.24) is 0 Å². The molecule has 0 amide bonds. The zero-order valence-electron chi connectivity index (χ0n) is 10.3. The fourth-order valence-corrected chi connectivity index (χ4v) is 1.40. The summed E-state index contributed by atoms with van der Waals surface area (Å²) in [7, 11) is 0. The summed E-state index contributed by atoms with van der Waals surface area (Å²) in [6, 6.07) is 4.27. The molecule has 0 N–H and O–H groups in total. The molecule has 1 aromatic carbocycles. The van der Waals surface area contributed by atoms with Crippen molar-refractivity contribution >= 4 is 11.6 Å². The van der Waals surface area contributed by atoms with Crippen LogP contribution in [0.4, 0.5) is 4.39 Å². The Morgan fingerprint density at radius 2 is 2.17 bits per heavy atom. The molecule has 0 heterocycles. The Hall–Kier alpha value is -1.24. The average Bonchev–Trinajstić information content (AvgIpc) is 2.37. The normalized spacial score (nSPS) is 9.72. The molecule has 0 atom stereocenters. The van der Waals surface area contributed by atoms with Crippen molar-refractivity contribution in [2.45, 2.75) is 13.3 Å². The Bertz CT molecular complexity index is 424. The Labute approximate surface area is 112 Å². The van der Waals surface area contributed by atoms with Crippen molar-refractivity contribution in [3.8, 4) is 17.6 Å². The molecule has 1 aromatic rings. The number of hydrogen-bond donors (Lipinski definition) is 0. The minimum absolute atomic E-state index is 0.237. The molecule has 98 valence electrons. The van der Waals surface area contributed by atoms with Crippen LogP contribution in [-0.2, 0) is 4.74 Å². The third-order valence-corrected chi connectivity index (χ3v) is 2.26. The lowest BCUT2D eigenvalue weighted by atomic mass is 10.2. The molecule has 18 heavy (non-hydrogen) atoms. The van der Waals surface area contributed by atoms with Gasteiger partial charge >= 0.3 is 0 Å². The second-order valence-electron chi connectivity index (χ2n) is 3.47. The fourth-order valence-electron chi connectivity index (χ4n) is 1.33. The molecular weight excluding hydrogens is 255 g/mol. The summed E-state index contributed by atoms with van der Waals surface area (Å²) < 4.78 is 23.8. The first kappa shape index (κ1) is 14.8. The Morgan fingerprint density at radius 3 is 2.89 bits per heavy atom. The highest BCUT2D eigenvalue weighted by atomic mass is 35.5. The minimum Gasteiger partial charge on any atom is -0.492 e. The molecule has 0 aromatic heterocycles. The standard InChI is InChI=1S/C14H16ClFO2/c1-2-17-9-4-10-18-14-11-13(16)7-6-12(14)5-3-8-15/h6-7,11H,2,4,8-10H2,1H3. The second-order valence-corrected chi connectivity index (χ2v) is 3.74. The lowest BCUT2D eigenvalue weighted by molar-refractivity contribution is 0.130. The van der Waals surface area contributed by atoms with Gasteiger partial charge in [0, 0.05) is 25.7 Å². The predicted octanol–water partition coefficient (Wildman–Crippen LogP) is 3.22. The second kappa shape index (κ2) is 8.79. The molecule has 0 aliphatic carbocycles. The van der Waals surface area contributed by atoms with Crippen LogP contribution in [0.15, 0.2) is 18.2 Å². The lowest BCUT2D eigenvalue weighted by Gasteiger charge is -2.08. The van der Waals surface area contributed by atoms with Crippen LogP contribution >= 0.6 is 11.6 Å². The Kier molecular flexibility index (Phi) is 7.24. The molecule has 0 fully saturated rings. The smallest absolute Gasteiger partial charge is 0.137 e. The van der Waals surface area contributed by atoms with E-state index in [4.69, 9.17) is 21.1 Å². The highest BCUT2D eigenvalue weighted by Gasteiger charge is 2.03. The molecule has 2 nitrogen and oxygen atoms in total. The van der Waals surface area contributed by atoms with Crippen LogP contribution in [0.1, 0.15) is 18.9 Å². The van der Waals surface area contributed by atoms with E-state index in [9.17, 15) is 4.39 Å². The van der Waals surface area contributed by atoms with E-state index in [0.29, 0.717) is 31.1 Å². The van der Waals surface area contributed by atoms with Crippen LogP contribution in [0.5, 0.6) is 5.75 Å². The van der Waals surface area contributed by atoms with Crippen LogP contribution in [0, 0.1) is 17.7 Å². The SMILES string of the molecule is CCOCCCOc1cc(F)ccc1C#CCCl. The summed E-state index contributed by atoms with van der Waals surface area (Å²) in [5.41, 5.74) is 0.647. The largest absolute Gasteiger partial charge is 0.492 e. The maximum absolute atomic E-state index is 13.1. The van der Waals surface area contributed by atoms with E-state index >= 15 is 0 Å². The topological polar surface area (TPSA) is 18.5 Å². The van der Waals surface area contributed by atoms with Crippen LogP contribution in [0.2, 0.25) is 0 Å². The Balaban J connectivity index is 2.59. The third-order valence-electron chi connectivity index (χ3n) is 2.13. The van der Waals surface area contributed by atoms with Gasteiger partial charge in [-0.2, -0.15) is 0 Å². The average molecular weight is 271 g/mol. The summed E-state index contributed by atoms with van der Waals surface area (Å²) >= 11 is 5.49. The molecule has 0 aliphatic rings. The molecule has 0 aliphatic heterocycles. The van der Waals surface area contributed by atoms with Crippen molar-refractivity contribution in [3.05, 3.63) is 29.6 Å². The fraction of sp³-hybridized carbons (Fsp3) is 0.429. The molecule has 0 saturated heterocycles. The minimum atomic E-state index is -0.341. The third kappa shape index (κ3) is 5.39. The zero-order chi connectivity index (χ0) is 13.2. The number of hydrogen-bond acceptors (Lipinski definition) is 2. The van der Waals surface area contributed by atoms with E-state index in [1.165, 1.54) is 12.1 Å². The first-order valence-corrected chi connectivity index (χ1v) is 6.36. The summed E-state index contributed by atoms with van der Waals surface area (Å²) in [5.74, 6) is 5.90. The van der Waals surface area contributed by atoms with Gasteiger partial charge < -0.3 is 9.47 Å². The summed E-state index contributed by atoms with van der Waals surface area (Å²) in [6.07, 6.45) is 0.757. The van der Waals surface area contributed by atoms with Crippen molar-refractivity contribution < 1.29 is 13.9 Å². The van der Waals surface area contributed by atoms with Gasteiger partial charge in [0.25, 0.3) is 0 Å². The van der Waals surface area contributed by atoms with Crippen LogP contribution < -0.4 is 4.74 Å². The van der Waals surface area contributed by atoms with Gasteiger partial charge in [0.1, 0.15) is 11.6 Å². The van der Waals surface area contributed by atoms with E-state index in [2.05, 4.69) is 11.8 Å². The number of alkyl halides is 1. The molecular formula is C14H16ClFO2. The van der Waals surface area contributed by atoms with Crippen LogP contribution in [0.25, 0.3) is 0 Å². The van der Waals surface area contributed by atoms with E-state index in [-0.39, 0.29) is 11.7 Å². The molecule has 0 spiro atoms. The highest BCUT2D eigenvalue weighted by Crippen LogP contribution is 2.19. The van der Waals surface area contributed by atoms with Gasteiger partial charge in [-0.05, 0) is 19.1 Å². The van der Waals surface area contributed by atoms with Gasteiger partial charge in [-0.3, -0.25) is 0 Å². The molecule has 1 rings (SSSR count). The first-order chi connectivity index (χ1) is 8.77. The van der Waals surface area contributed by atoms with Crippen molar-refractivity contribution in [1.29, 1.82) is 0 Å². The number of rotatable bonds is 6.